The van der Waals surface area contributed by atoms with Gasteiger partial charge >= 0.3 is 0 Å². The SMILES string of the molecule is COc1ccc(-c2ccc(/C=C3\SC(=O)N(Cc4ccccc4)C3=O)o2)c([N+](=O)[O-])c1. The van der Waals surface area contributed by atoms with Crippen LogP contribution in [0.25, 0.3) is 17.4 Å². The fourth-order valence-corrected chi connectivity index (χ4v) is 3.92. The number of imide groups is 1. The molecule has 1 aliphatic rings. The first kappa shape index (κ1) is 20.4. The van der Waals surface area contributed by atoms with Crippen LogP contribution in [0.4, 0.5) is 10.5 Å². The fourth-order valence-electron chi connectivity index (χ4n) is 3.10. The molecule has 0 saturated carbocycles. The molecule has 3 aromatic rings. The lowest BCUT2D eigenvalue weighted by Gasteiger charge is -2.11. The molecule has 9 heteroatoms. The van der Waals surface area contributed by atoms with E-state index in [1.807, 2.05) is 30.3 Å². The van der Waals surface area contributed by atoms with Crippen LogP contribution in [-0.2, 0) is 11.3 Å². The Morgan fingerprint density at radius 3 is 2.61 bits per heavy atom. The lowest BCUT2D eigenvalue weighted by atomic mass is 10.1. The normalized spacial score (nSPS) is 15.0. The summed E-state index contributed by atoms with van der Waals surface area (Å²) < 4.78 is 10.8. The third-order valence-corrected chi connectivity index (χ3v) is 5.53. The summed E-state index contributed by atoms with van der Waals surface area (Å²) in [4.78, 5) is 37.3. The Morgan fingerprint density at radius 2 is 1.90 bits per heavy atom. The average Bonchev–Trinajstić information content (AvgIpc) is 3.34. The van der Waals surface area contributed by atoms with Crippen LogP contribution >= 0.6 is 11.8 Å². The molecule has 1 aliphatic heterocycles. The molecule has 0 aliphatic carbocycles. The quantitative estimate of drug-likeness (QED) is 0.301. The van der Waals surface area contributed by atoms with Crippen molar-refractivity contribution in [2.24, 2.45) is 0 Å². The Balaban J connectivity index is 1.58. The van der Waals surface area contributed by atoms with Crippen molar-refractivity contribution in [3.8, 4) is 17.1 Å². The zero-order valence-corrected chi connectivity index (χ0v) is 17.1. The Labute approximate surface area is 181 Å². The summed E-state index contributed by atoms with van der Waals surface area (Å²) in [6.45, 7) is 0.185. The van der Waals surface area contributed by atoms with Crippen LogP contribution in [0.2, 0.25) is 0 Å². The lowest BCUT2D eigenvalue weighted by molar-refractivity contribution is -0.384. The van der Waals surface area contributed by atoms with E-state index in [4.69, 9.17) is 9.15 Å². The third kappa shape index (κ3) is 4.22. The molecule has 4 rings (SSSR count). The molecule has 8 nitrogen and oxygen atoms in total. The highest BCUT2D eigenvalue weighted by Crippen LogP contribution is 2.37. The van der Waals surface area contributed by atoms with Gasteiger partial charge in [0.15, 0.2) is 0 Å². The maximum absolute atomic E-state index is 12.7. The number of methoxy groups -OCH3 is 1. The molecule has 156 valence electrons. The molecule has 0 unspecified atom stereocenters. The molecule has 0 N–H and O–H groups in total. The first-order valence-corrected chi connectivity index (χ1v) is 10.00. The van der Waals surface area contributed by atoms with Gasteiger partial charge in [-0.2, -0.15) is 0 Å². The number of ether oxygens (including phenoxy) is 1. The number of furan rings is 1. The standard InChI is InChI=1S/C22H16N2O6S/c1-29-15-7-9-17(18(11-15)24(27)28)19-10-8-16(30-19)12-20-21(25)23(22(26)31-20)13-14-5-3-2-4-6-14/h2-12H,13H2,1H3/b20-12-. The predicted octanol–water partition coefficient (Wildman–Crippen LogP) is 5.10. The average molecular weight is 436 g/mol. The molecule has 0 spiro atoms. The summed E-state index contributed by atoms with van der Waals surface area (Å²) in [6, 6.07) is 16.8. The van der Waals surface area contributed by atoms with Crippen molar-refractivity contribution < 1.29 is 23.7 Å². The number of carbonyl (C=O) groups excluding carboxylic acids is 2. The zero-order chi connectivity index (χ0) is 22.0. The van der Waals surface area contributed by atoms with Crippen LogP contribution in [0, 0.1) is 10.1 Å². The largest absolute Gasteiger partial charge is 0.497 e. The predicted molar refractivity (Wildman–Crippen MR) is 115 cm³/mol. The minimum absolute atomic E-state index is 0.163. The van der Waals surface area contributed by atoms with E-state index < -0.39 is 10.8 Å². The van der Waals surface area contributed by atoms with E-state index in [1.165, 1.54) is 30.2 Å². The highest BCUT2D eigenvalue weighted by atomic mass is 32.2. The van der Waals surface area contributed by atoms with E-state index in [2.05, 4.69) is 0 Å². The van der Waals surface area contributed by atoms with E-state index in [1.54, 1.807) is 18.2 Å². The van der Waals surface area contributed by atoms with Crippen LogP contribution in [0.15, 0.2) is 70.0 Å². The minimum atomic E-state index is -0.519. The van der Waals surface area contributed by atoms with Crippen LogP contribution in [0.1, 0.15) is 11.3 Å². The summed E-state index contributed by atoms with van der Waals surface area (Å²) in [5.74, 6) is 0.524. The number of amides is 2. The number of nitro benzene ring substituents is 1. The zero-order valence-electron chi connectivity index (χ0n) is 16.3. The van der Waals surface area contributed by atoms with Gasteiger partial charge < -0.3 is 9.15 Å². The number of hydrogen-bond acceptors (Lipinski definition) is 7. The van der Waals surface area contributed by atoms with Gasteiger partial charge in [-0.15, -0.1) is 0 Å². The molecule has 2 aromatic carbocycles. The van der Waals surface area contributed by atoms with Crippen molar-refractivity contribution >= 4 is 34.7 Å². The van der Waals surface area contributed by atoms with Gasteiger partial charge in [0.1, 0.15) is 17.3 Å². The second-order valence-electron chi connectivity index (χ2n) is 6.60. The van der Waals surface area contributed by atoms with Gasteiger partial charge in [-0.25, -0.2) is 0 Å². The molecule has 2 heterocycles. The molecule has 0 atom stereocenters. The number of thioether (sulfide) groups is 1. The first-order valence-electron chi connectivity index (χ1n) is 9.18. The highest BCUT2D eigenvalue weighted by Gasteiger charge is 2.35. The number of rotatable bonds is 6. The number of carbonyl (C=O) groups is 2. The van der Waals surface area contributed by atoms with Crippen molar-refractivity contribution in [3.05, 3.63) is 87.0 Å². The fraction of sp³-hybridized carbons (Fsp3) is 0.0909. The molecular weight excluding hydrogens is 420 g/mol. The van der Waals surface area contributed by atoms with Crippen LogP contribution in [-0.4, -0.2) is 28.1 Å². The smallest absolute Gasteiger partial charge is 0.293 e. The van der Waals surface area contributed by atoms with Crippen molar-refractivity contribution in [3.63, 3.8) is 0 Å². The molecule has 1 aromatic heterocycles. The summed E-state index contributed by atoms with van der Waals surface area (Å²) in [5, 5.41) is 11.1. The van der Waals surface area contributed by atoms with E-state index in [9.17, 15) is 19.7 Å². The highest BCUT2D eigenvalue weighted by molar-refractivity contribution is 8.18. The van der Waals surface area contributed by atoms with Crippen molar-refractivity contribution in [2.75, 3.05) is 7.11 Å². The Morgan fingerprint density at radius 1 is 1.13 bits per heavy atom. The molecular formula is C22H16N2O6S. The number of benzene rings is 2. The number of hydrogen-bond donors (Lipinski definition) is 0. The Hall–Kier alpha value is -3.85. The Kier molecular flexibility index (Phi) is 5.59. The second-order valence-corrected chi connectivity index (χ2v) is 7.59. The van der Waals surface area contributed by atoms with E-state index >= 15 is 0 Å². The number of nitro groups is 1. The Bertz CT molecular complexity index is 1200. The van der Waals surface area contributed by atoms with Crippen LogP contribution < -0.4 is 4.74 Å². The first-order chi connectivity index (χ1) is 15.0. The second kappa shape index (κ2) is 8.49. The van der Waals surface area contributed by atoms with Gasteiger partial charge in [0.2, 0.25) is 0 Å². The van der Waals surface area contributed by atoms with E-state index in [-0.39, 0.29) is 33.7 Å². The third-order valence-electron chi connectivity index (χ3n) is 4.62. The van der Waals surface area contributed by atoms with Crippen molar-refractivity contribution in [2.45, 2.75) is 6.54 Å². The number of nitrogens with zero attached hydrogens (tertiary/aromatic N) is 2. The van der Waals surface area contributed by atoms with E-state index in [0.29, 0.717) is 11.5 Å². The molecule has 0 bridgehead atoms. The van der Waals surface area contributed by atoms with Gasteiger partial charge in [0, 0.05) is 6.08 Å². The van der Waals surface area contributed by atoms with Gasteiger partial charge in [0.05, 0.1) is 35.1 Å². The molecule has 31 heavy (non-hydrogen) atoms. The lowest BCUT2D eigenvalue weighted by Crippen LogP contribution is -2.27. The van der Waals surface area contributed by atoms with Gasteiger partial charge in [-0.05, 0) is 41.6 Å². The molecule has 1 fully saturated rings. The maximum atomic E-state index is 12.7. The molecule has 2 amide bonds. The minimum Gasteiger partial charge on any atom is -0.497 e. The summed E-state index contributed by atoms with van der Waals surface area (Å²) in [7, 11) is 1.43. The van der Waals surface area contributed by atoms with Crippen LogP contribution in [0.5, 0.6) is 5.75 Å². The van der Waals surface area contributed by atoms with Gasteiger partial charge in [-0.1, -0.05) is 30.3 Å². The summed E-state index contributed by atoms with van der Waals surface area (Å²) in [6.07, 6.45) is 1.47. The monoisotopic (exact) mass is 436 g/mol. The van der Waals surface area contributed by atoms with Crippen molar-refractivity contribution in [1.29, 1.82) is 0 Å². The van der Waals surface area contributed by atoms with Crippen molar-refractivity contribution in [1.82, 2.24) is 4.90 Å². The molecule has 1 saturated heterocycles. The molecule has 0 radical (unpaired) electrons. The van der Waals surface area contributed by atoms with Crippen LogP contribution in [0.3, 0.4) is 0 Å². The maximum Gasteiger partial charge on any atom is 0.293 e. The van der Waals surface area contributed by atoms with Gasteiger partial charge in [0.25, 0.3) is 16.8 Å². The van der Waals surface area contributed by atoms with Gasteiger partial charge in [-0.3, -0.25) is 24.6 Å². The topological polar surface area (TPSA) is 103 Å². The summed E-state index contributed by atoms with van der Waals surface area (Å²) in [5.41, 5.74) is 0.962. The summed E-state index contributed by atoms with van der Waals surface area (Å²) >= 11 is 0.828. The van der Waals surface area contributed by atoms with E-state index in [0.717, 1.165) is 17.3 Å².